The fourth-order valence-corrected chi connectivity index (χ4v) is 3.10. The second-order valence-corrected chi connectivity index (χ2v) is 5.96. The van der Waals surface area contributed by atoms with E-state index >= 15 is 0 Å². The smallest absolute Gasteiger partial charge is 0.255 e. The summed E-state index contributed by atoms with van der Waals surface area (Å²) in [6.45, 7) is 5.87. The maximum Gasteiger partial charge on any atom is 0.255 e. The molecule has 0 aromatic heterocycles. The molecule has 1 aliphatic rings. The number of fused-ring (bicyclic) bond motifs is 1. The third-order valence-electron chi connectivity index (χ3n) is 4.31. The number of likely N-dealkylation sites (N-methyl/N-ethyl adjacent to an activating group) is 1. The normalized spacial score (nSPS) is 12.7. The second-order valence-electron chi connectivity index (χ2n) is 5.96. The molecule has 1 N–H and O–H groups in total. The summed E-state index contributed by atoms with van der Waals surface area (Å²) in [4.78, 5) is 14.9. The molecule has 1 aliphatic heterocycles. The molecule has 1 amide bonds. The molecule has 0 saturated heterocycles. The summed E-state index contributed by atoms with van der Waals surface area (Å²) in [6, 6.07) is 11.3. The minimum atomic E-state index is -0.146. The highest BCUT2D eigenvalue weighted by atomic mass is 16.5. The predicted molar refractivity (Wildman–Crippen MR) is 100 cm³/mol. The molecule has 0 radical (unpaired) electrons. The highest BCUT2D eigenvalue weighted by Gasteiger charge is 2.20. The Bertz CT molecular complexity index is 774. The number of carbonyl (C=O) groups is 1. The quantitative estimate of drug-likeness (QED) is 0.870. The van der Waals surface area contributed by atoms with E-state index in [-0.39, 0.29) is 5.91 Å². The molecule has 2 aromatic rings. The Kier molecular flexibility index (Phi) is 5.12. The van der Waals surface area contributed by atoms with Crippen molar-refractivity contribution >= 4 is 17.3 Å². The van der Waals surface area contributed by atoms with Gasteiger partial charge < -0.3 is 19.7 Å². The summed E-state index contributed by atoms with van der Waals surface area (Å²) >= 11 is 0. The third-order valence-corrected chi connectivity index (χ3v) is 4.31. The third kappa shape index (κ3) is 3.55. The van der Waals surface area contributed by atoms with Crippen molar-refractivity contribution in [2.24, 2.45) is 0 Å². The van der Waals surface area contributed by atoms with Crippen molar-refractivity contribution in [3.05, 3.63) is 47.5 Å². The van der Waals surface area contributed by atoms with E-state index in [0.717, 1.165) is 18.7 Å². The number of hydrogen-bond acceptors (Lipinski definition) is 4. The van der Waals surface area contributed by atoms with Crippen molar-refractivity contribution in [1.29, 1.82) is 0 Å². The number of ether oxygens (including phenoxy) is 2. The van der Waals surface area contributed by atoms with Gasteiger partial charge in [0.2, 0.25) is 0 Å². The van der Waals surface area contributed by atoms with E-state index < -0.39 is 0 Å². The molecule has 0 atom stereocenters. The van der Waals surface area contributed by atoms with Crippen LogP contribution >= 0.6 is 0 Å². The minimum absolute atomic E-state index is 0.146. The van der Waals surface area contributed by atoms with Crippen LogP contribution in [0.1, 0.15) is 29.8 Å². The zero-order valence-corrected chi connectivity index (χ0v) is 15.0. The van der Waals surface area contributed by atoms with Crippen molar-refractivity contribution in [3.8, 4) is 11.5 Å². The van der Waals surface area contributed by atoms with Crippen molar-refractivity contribution in [1.82, 2.24) is 0 Å². The van der Waals surface area contributed by atoms with E-state index in [2.05, 4.69) is 23.3 Å². The van der Waals surface area contributed by atoms with E-state index in [1.54, 1.807) is 18.2 Å². The Hall–Kier alpha value is -2.69. The molecule has 1 heterocycles. The largest absolute Gasteiger partial charge is 0.490 e. The lowest BCUT2D eigenvalue weighted by Crippen LogP contribution is -2.14. The van der Waals surface area contributed by atoms with Crippen LogP contribution < -0.4 is 19.7 Å². The van der Waals surface area contributed by atoms with E-state index in [1.165, 1.54) is 11.3 Å². The van der Waals surface area contributed by atoms with E-state index in [9.17, 15) is 4.79 Å². The number of benzene rings is 2. The lowest BCUT2D eigenvalue weighted by atomic mass is 10.1. The molecule has 2 aromatic carbocycles. The number of carbonyl (C=O) groups excluding carboxylic acids is 1. The van der Waals surface area contributed by atoms with E-state index in [4.69, 9.17) is 9.47 Å². The van der Waals surface area contributed by atoms with Gasteiger partial charge in [0.05, 0.1) is 13.2 Å². The second kappa shape index (κ2) is 7.47. The van der Waals surface area contributed by atoms with Gasteiger partial charge in [-0.2, -0.15) is 0 Å². The van der Waals surface area contributed by atoms with Gasteiger partial charge in [-0.1, -0.05) is 6.07 Å². The Labute approximate surface area is 148 Å². The highest BCUT2D eigenvalue weighted by molar-refractivity contribution is 6.05. The van der Waals surface area contributed by atoms with Crippen LogP contribution in [-0.4, -0.2) is 32.7 Å². The van der Waals surface area contributed by atoms with Gasteiger partial charge in [-0.05, 0) is 50.6 Å². The average Bonchev–Trinajstić information content (AvgIpc) is 2.99. The Morgan fingerprint density at radius 2 is 1.88 bits per heavy atom. The van der Waals surface area contributed by atoms with Crippen LogP contribution in [0.5, 0.6) is 11.5 Å². The summed E-state index contributed by atoms with van der Waals surface area (Å²) in [6.07, 6.45) is 0.940. The fourth-order valence-electron chi connectivity index (χ4n) is 3.10. The molecule has 0 bridgehead atoms. The number of hydrogen-bond donors (Lipinski definition) is 1. The Balaban J connectivity index is 1.83. The first kappa shape index (κ1) is 17.1. The van der Waals surface area contributed by atoms with Gasteiger partial charge in [0.15, 0.2) is 11.5 Å². The summed E-state index contributed by atoms with van der Waals surface area (Å²) in [5.74, 6) is 1.10. The van der Waals surface area contributed by atoms with E-state index in [0.29, 0.717) is 30.3 Å². The summed E-state index contributed by atoms with van der Waals surface area (Å²) in [5, 5.41) is 3.04. The molecule has 5 nitrogen and oxygen atoms in total. The SMILES string of the molecule is CCOc1ccc(C(=O)Nc2cccc3c2CCN3C)cc1OCC. The van der Waals surface area contributed by atoms with Crippen molar-refractivity contribution in [2.75, 3.05) is 37.0 Å². The highest BCUT2D eigenvalue weighted by Crippen LogP contribution is 2.33. The Morgan fingerprint density at radius 1 is 1.12 bits per heavy atom. The molecule has 5 heteroatoms. The van der Waals surface area contributed by atoms with Crippen LogP contribution in [0.4, 0.5) is 11.4 Å². The van der Waals surface area contributed by atoms with Crippen LogP contribution in [0, 0.1) is 0 Å². The number of nitrogens with one attached hydrogen (secondary N) is 1. The molecule has 0 unspecified atom stereocenters. The van der Waals surface area contributed by atoms with Gasteiger partial charge >= 0.3 is 0 Å². The molecule has 3 rings (SSSR count). The average molecular weight is 340 g/mol. The molecule has 0 aliphatic carbocycles. The summed E-state index contributed by atoms with van der Waals surface area (Å²) < 4.78 is 11.2. The molecule has 25 heavy (non-hydrogen) atoms. The number of amides is 1. The minimum Gasteiger partial charge on any atom is -0.490 e. The van der Waals surface area contributed by atoms with E-state index in [1.807, 2.05) is 26.0 Å². The first-order valence-corrected chi connectivity index (χ1v) is 8.68. The maximum absolute atomic E-state index is 12.7. The Morgan fingerprint density at radius 3 is 2.64 bits per heavy atom. The van der Waals surface area contributed by atoms with Crippen molar-refractivity contribution in [2.45, 2.75) is 20.3 Å². The molecule has 132 valence electrons. The van der Waals surface area contributed by atoms with Gasteiger partial charge in [-0.15, -0.1) is 0 Å². The number of rotatable bonds is 6. The maximum atomic E-state index is 12.7. The van der Waals surface area contributed by atoms with Crippen LogP contribution in [0.2, 0.25) is 0 Å². The van der Waals surface area contributed by atoms with Gasteiger partial charge in [0.1, 0.15) is 0 Å². The molecule has 0 spiro atoms. The number of anilines is 2. The van der Waals surface area contributed by atoms with Crippen LogP contribution in [-0.2, 0) is 6.42 Å². The van der Waals surface area contributed by atoms with Crippen LogP contribution in [0.25, 0.3) is 0 Å². The summed E-state index contributed by atoms with van der Waals surface area (Å²) in [7, 11) is 2.07. The topological polar surface area (TPSA) is 50.8 Å². The molecule has 0 fully saturated rings. The molecular formula is C20H24N2O3. The standard InChI is InChI=1S/C20H24N2O3/c1-4-24-18-10-9-14(13-19(18)25-5-2)20(23)21-16-7-6-8-17-15(16)11-12-22(17)3/h6-10,13H,4-5,11-12H2,1-3H3,(H,21,23). The predicted octanol–water partition coefficient (Wildman–Crippen LogP) is 3.73. The molecular weight excluding hydrogens is 316 g/mol. The first-order chi connectivity index (χ1) is 12.1. The lowest BCUT2D eigenvalue weighted by molar-refractivity contribution is 0.102. The van der Waals surface area contributed by atoms with Gasteiger partial charge in [0.25, 0.3) is 5.91 Å². The monoisotopic (exact) mass is 340 g/mol. The van der Waals surface area contributed by atoms with Crippen molar-refractivity contribution in [3.63, 3.8) is 0 Å². The first-order valence-electron chi connectivity index (χ1n) is 8.68. The fraction of sp³-hybridized carbons (Fsp3) is 0.350. The molecule has 0 saturated carbocycles. The summed E-state index contributed by atoms with van der Waals surface area (Å²) in [5.41, 5.74) is 3.79. The number of nitrogens with zero attached hydrogens (tertiary/aromatic N) is 1. The van der Waals surface area contributed by atoms with Crippen LogP contribution in [0.3, 0.4) is 0 Å². The zero-order valence-electron chi connectivity index (χ0n) is 15.0. The lowest BCUT2D eigenvalue weighted by Gasteiger charge is -2.15. The van der Waals surface area contributed by atoms with Gasteiger partial charge in [-0.3, -0.25) is 4.79 Å². The van der Waals surface area contributed by atoms with Gasteiger partial charge in [0, 0.05) is 36.1 Å². The van der Waals surface area contributed by atoms with Gasteiger partial charge in [-0.25, -0.2) is 0 Å². The van der Waals surface area contributed by atoms with Crippen molar-refractivity contribution < 1.29 is 14.3 Å². The zero-order chi connectivity index (χ0) is 17.8. The van der Waals surface area contributed by atoms with Crippen LogP contribution in [0.15, 0.2) is 36.4 Å².